The fourth-order valence-corrected chi connectivity index (χ4v) is 4.40. The Bertz CT molecular complexity index is 849. The van der Waals surface area contributed by atoms with Crippen molar-refractivity contribution in [1.29, 1.82) is 0 Å². The number of ether oxygens (including phenoxy) is 1. The molecule has 0 heterocycles. The molecule has 3 atom stereocenters. The molecule has 1 aromatic carbocycles. The third-order valence-electron chi connectivity index (χ3n) is 6.29. The Morgan fingerprint density at radius 2 is 1.54 bits per heavy atom. The van der Waals surface area contributed by atoms with Crippen LogP contribution in [0.3, 0.4) is 0 Å². The maximum absolute atomic E-state index is 13.8. The Morgan fingerprint density at radius 1 is 0.919 bits per heavy atom. The molecular weight excluding hydrogens is 466 g/mol. The topological polar surface area (TPSA) is 87.7 Å². The van der Waals surface area contributed by atoms with Gasteiger partial charge in [0.1, 0.15) is 17.7 Å². The number of nitrogens with one attached hydrogen (secondary N) is 2. The Hall–Kier alpha value is -2.57. The van der Waals surface area contributed by atoms with Gasteiger partial charge >= 0.3 is 6.09 Å². The zero-order valence-electron chi connectivity index (χ0n) is 24.5. The van der Waals surface area contributed by atoms with Crippen LogP contribution in [0.2, 0.25) is 0 Å². The average Bonchev–Trinajstić information content (AvgIpc) is 2.79. The lowest BCUT2D eigenvalue weighted by Gasteiger charge is -2.35. The minimum Gasteiger partial charge on any atom is -0.444 e. The normalized spacial score (nSPS) is 13.8. The van der Waals surface area contributed by atoms with E-state index in [1.807, 2.05) is 38.1 Å². The van der Waals surface area contributed by atoms with Gasteiger partial charge < -0.3 is 20.3 Å². The Labute approximate surface area is 225 Å². The summed E-state index contributed by atoms with van der Waals surface area (Å²) in [6.45, 7) is 15.6. The van der Waals surface area contributed by atoms with Gasteiger partial charge in [-0.3, -0.25) is 9.59 Å². The van der Waals surface area contributed by atoms with E-state index in [-0.39, 0.29) is 17.9 Å². The SMILES string of the molecule is CCCCCCCCN(C(=O)C(C)NC(=O)OC(C)(C)C)C(C(=O)NC(C)CCC)c1ccccc1C. The number of hydrogen-bond acceptors (Lipinski definition) is 4. The maximum Gasteiger partial charge on any atom is 0.408 e. The zero-order valence-corrected chi connectivity index (χ0v) is 24.5. The van der Waals surface area contributed by atoms with Crippen molar-refractivity contribution in [3.05, 3.63) is 35.4 Å². The number of amides is 3. The van der Waals surface area contributed by atoms with E-state index in [9.17, 15) is 14.4 Å². The quantitative estimate of drug-likeness (QED) is 0.262. The molecule has 0 bridgehead atoms. The fourth-order valence-electron chi connectivity index (χ4n) is 4.40. The number of rotatable bonds is 15. The highest BCUT2D eigenvalue weighted by atomic mass is 16.6. The van der Waals surface area contributed by atoms with E-state index in [1.165, 1.54) is 12.8 Å². The van der Waals surface area contributed by atoms with E-state index >= 15 is 0 Å². The minimum absolute atomic E-state index is 0.00711. The van der Waals surface area contributed by atoms with Crippen molar-refractivity contribution in [2.75, 3.05) is 6.54 Å². The molecule has 0 radical (unpaired) electrons. The number of hydrogen-bond donors (Lipinski definition) is 2. The third-order valence-corrected chi connectivity index (χ3v) is 6.29. The van der Waals surface area contributed by atoms with Crippen LogP contribution < -0.4 is 10.6 Å². The highest BCUT2D eigenvalue weighted by Crippen LogP contribution is 2.26. The smallest absolute Gasteiger partial charge is 0.408 e. The number of carbonyl (C=O) groups is 3. The molecule has 0 saturated carbocycles. The van der Waals surface area contributed by atoms with Gasteiger partial charge in [0.15, 0.2) is 0 Å². The first-order valence-corrected chi connectivity index (χ1v) is 14.1. The first-order chi connectivity index (χ1) is 17.4. The monoisotopic (exact) mass is 517 g/mol. The van der Waals surface area contributed by atoms with Gasteiger partial charge in [-0.05, 0) is 65.5 Å². The van der Waals surface area contributed by atoms with Gasteiger partial charge in [-0.1, -0.05) is 76.6 Å². The summed E-state index contributed by atoms with van der Waals surface area (Å²) in [7, 11) is 0. The van der Waals surface area contributed by atoms with E-state index in [1.54, 1.807) is 32.6 Å². The molecule has 210 valence electrons. The lowest BCUT2D eigenvalue weighted by atomic mass is 9.97. The molecule has 3 amide bonds. The van der Waals surface area contributed by atoms with Gasteiger partial charge in [0.2, 0.25) is 11.8 Å². The van der Waals surface area contributed by atoms with Crippen LogP contribution in [-0.4, -0.2) is 47.0 Å². The molecule has 0 aliphatic heterocycles. The minimum atomic E-state index is -0.845. The number of carbonyl (C=O) groups excluding carboxylic acids is 3. The summed E-state index contributed by atoms with van der Waals surface area (Å²) in [5.74, 6) is -0.495. The molecular formula is C30H51N3O4. The Balaban J connectivity index is 3.28. The van der Waals surface area contributed by atoms with Crippen molar-refractivity contribution in [3.63, 3.8) is 0 Å². The zero-order chi connectivity index (χ0) is 28.0. The molecule has 1 aromatic rings. The largest absolute Gasteiger partial charge is 0.444 e. The Morgan fingerprint density at radius 3 is 2.14 bits per heavy atom. The Kier molecular flexibility index (Phi) is 14.3. The van der Waals surface area contributed by atoms with Crippen LogP contribution in [0.5, 0.6) is 0 Å². The van der Waals surface area contributed by atoms with Crippen molar-refractivity contribution in [2.45, 2.75) is 130 Å². The molecule has 7 nitrogen and oxygen atoms in total. The molecule has 7 heteroatoms. The molecule has 0 spiro atoms. The summed E-state index contributed by atoms with van der Waals surface area (Å²) in [5, 5.41) is 5.80. The van der Waals surface area contributed by atoms with Crippen LogP contribution in [0.25, 0.3) is 0 Å². The molecule has 0 fully saturated rings. The summed E-state index contributed by atoms with van der Waals surface area (Å²) in [6.07, 6.45) is 7.55. The van der Waals surface area contributed by atoms with Gasteiger partial charge in [0.05, 0.1) is 0 Å². The number of nitrogens with zero attached hydrogens (tertiary/aromatic N) is 1. The van der Waals surface area contributed by atoms with Crippen LogP contribution in [0.4, 0.5) is 4.79 Å². The number of aryl methyl sites for hydroxylation is 1. The lowest BCUT2D eigenvalue weighted by Crippen LogP contribution is -2.53. The van der Waals surface area contributed by atoms with Gasteiger partial charge in [-0.25, -0.2) is 4.79 Å². The second kappa shape index (κ2) is 16.3. The average molecular weight is 518 g/mol. The van der Waals surface area contributed by atoms with Crippen molar-refractivity contribution < 1.29 is 19.1 Å². The molecule has 0 aliphatic rings. The predicted molar refractivity (Wildman–Crippen MR) is 150 cm³/mol. The van der Waals surface area contributed by atoms with Crippen molar-refractivity contribution >= 4 is 17.9 Å². The van der Waals surface area contributed by atoms with Gasteiger partial charge in [-0.2, -0.15) is 0 Å². The van der Waals surface area contributed by atoms with Crippen LogP contribution in [-0.2, 0) is 14.3 Å². The predicted octanol–water partition coefficient (Wildman–Crippen LogP) is 6.44. The van der Waals surface area contributed by atoms with E-state index in [0.29, 0.717) is 6.54 Å². The fraction of sp³-hybridized carbons (Fsp3) is 0.700. The molecule has 0 aromatic heterocycles. The van der Waals surface area contributed by atoms with Crippen LogP contribution >= 0.6 is 0 Å². The van der Waals surface area contributed by atoms with Crippen molar-refractivity contribution in [2.24, 2.45) is 0 Å². The summed E-state index contributed by atoms with van der Waals surface area (Å²) in [6, 6.07) is 6.06. The maximum atomic E-state index is 13.8. The highest BCUT2D eigenvalue weighted by Gasteiger charge is 2.35. The molecule has 0 aliphatic carbocycles. The van der Waals surface area contributed by atoms with E-state index in [2.05, 4.69) is 24.5 Å². The second-order valence-electron chi connectivity index (χ2n) is 11.1. The van der Waals surface area contributed by atoms with Gasteiger partial charge in [0.25, 0.3) is 0 Å². The lowest BCUT2D eigenvalue weighted by molar-refractivity contribution is -0.142. The van der Waals surface area contributed by atoms with Crippen molar-refractivity contribution in [1.82, 2.24) is 15.5 Å². The van der Waals surface area contributed by atoms with E-state index in [4.69, 9.17) is 4.74 Å². The van der Waals surface area contributed by atoms with Gasteiger partial charge in [-0.15, -0.1) is 0 Å². The number of alkyl carbamates (subject to hydrolysis) is 1. The molecule has 37 heavy (non-hydrogen) atoms. The highest BCUT2D eigenvalue weighted by molar-refractivity contribution is 5.92. The summed E-state index contributed by atoms with van der Waals surface area (Å²) in [4.78, 5) is 41.6. The summed E-state index contributed by atoms with van der Waals surface area (Å²) < 4.78 is 5.37. The molecule has 0 saturated heterocycles. The first-order valence-electron chi connectivity index (χ1n) is 14.1. The number of unbranched alkanes of at least 4 members (excludes halogenated alkanes) is 5. The standard InChI is InChI=1S/C30H51N3O4/c1-9-11-12-13-14-17-21-33(28(35)24(5)32-29(36)37-30(6,7)8)26(25-20-16-15-19-22(25)3)27(34)31-23(4)18-10-2/h15-16,19-20,23-24,26H,9-14,17-18,21H2,1-8H3,(H,31,34)(H,32,36). The van der Waals surface area contributed by atoms with Crippen LogP contribution in [0, 0.1) is 6.92 Å². The van der Waals surface area contributed by atoms with Crippen molar-refractivity contribution in [3.8, 4) is 0 Å². The molecule has 3 unspecified atom stereocenters. The number of benzene rings is 1. The second-order valence-corrected chi connectivity index (χ2v) is 11.1. The van der Waals surface area contributed by atoms with E-state index < -0.39 is 23.8 Å². The molecule has 1 rings (SSSR count). The van der Waals surface area contributed by atoms with Crippen LogP contribution in [0.1, 0.15) is 117 Å². The molecule has 2 N–H and O–H groups in total. The van der Waals surface area contributed by atoms with Crippen LogP contribution in [0.15, 0.2) is 24.3 Å². The van der Waals surface area contributed by atoms with Gasteiger partial charge in [0, 0.05) is 12.6 Å². The summed E-state index contributed by atoms with van der Waals surface area (Å²) in [5.41, 5.74) is 1.07. The van der Waals surface area contributed by atoms with E-state index in [0.717, 1.165) is 49.7 Å². The third kappa shape index (κ3) is 12.0. The first kappa shape index (κ1) is 32.5. The summed E-state index contributed by atoms with van der Waals surface area (Å²) >= 11 is 0.